The fourth-order valence-electron chi connectivity index (χ4n) is 3.15. The van der Waals surface area contributed by atoms with E-state index in [9.17, 15) is 4.79 Å². The molecule has 1 aliphatic heterocycles. The average molecular weight is 353 g/mol. The van der Waals surface area contributed by atoms with Gasteiger partial charge in [-0.15, -0.1) is 11.3 Å². The predicted molar refractivity (Wildman–Crippen MR) is 98.3 cm³/mol. The van der Waals surface area contributed by atoms with Crippen molar-refractivity contribution in [2.75, 3.05) is 13.1 Å². The van der Waals surface area contributed by atoms with Gasteiger partial charge < -0.3 is 9.64 Å². The van der Waals surface area contributed by atoms with Gasteiger partial charge in [0.05, 0.1) is 11.4 Å². The van der Waals surface area contributed by atoms with Gasteiger partial charge in [0.25, 0.3) is 5.91 Å². The summed E-state index contributed by atoms with van der Waals surface area (Å²) in [5.74, 6) is 0.0774. The molecule has 25 heavy (non-hydrogen) atoms. The van der Waals surface area contributed by atoms with Gasteiger partial charge in [-0.2, -0.15) is 0 Å². The molecule has 6 heteroatoms. The number of hydrogen-bond acceptors (Lipinski definition) is 5. The second kappa shape index (κ2) is 6.44. The predicted octanol–water partition coefficient (Wildman–Crippen LogP) is 3.60. The molecular weight excluding hydrogens is 334 g/mol. The van der Waals surface area contributed by atoms with Gasteiger partial charge in [0, 0.05) is 29.1 Å². The number of aromatic nitrogens is 2. The lowest BCUT2D eigenvalue weighted by Gasteiger charge is -2.16. The van der Waals surface area contributed by atoms with Crippen LogP contribution in [0.5, 0.6) is 6.01 Å². The molecular formula is C19H19N3O2S. The van der Waals surface area contributed by atoms with E-state index in [1.165, 1.54) is 0 Å². The number of nitrogens with zero attached hydrogens (tertiary/aromatic N) is 3. The fraction of sp³-hybridized carbons (Fsp3) is 0.316. The third kappa shape index (κ3) is 3.35. The number of thiophene rings is 1. The zero-order valence-corrected chi connectivity index (χ0v) is 15.0. The van der Waals surface area contributed by atoms with Crippen LogP contribution in [0, 0.1) is 13.8 Å². The summed E-state index contributed by atoms with van der Waals surface area (Å²) in [5.41, 5.74) is 1.78. The molecule has 0 spiro atoms. The second-order valence-electron chi connectivity index (χ2n) is 6.36. The van der Waals surface area contributed by atoms with Crippen LogP contribution >= 0.6 is 11.3 Å². The van der Waals surface area contributed by atoms with Crippen LogP contribution in [0.15, 0.2) is 36.4 Å². The quantitative estimate of drug-likeness (QED) is 0.722. The summed E-state index contributed by atoms with van der Waals surface area (Å²) in [5, 5.41) is 1.12. The molecule has 0 N–H and O–H groups in total. The van der Waals surface area contributed by atoms with Crippen LogP contribution in [0.3, 0.4) is 0 Å². The molecule has 1 aromatic carbocycles. The van der Waals surface area contributed by atoms with Gasteiger partial charge in [0.1, 0.15) is 6.10 Å². The van der Waals surface area contributed by atoms with Crippen molar-refractivity contribution in [1.82, 2.24) is 14.9 Å². The molecule has 0 saturated carbocycles. The number of hydrogen-bond donors (Lipinski definition) is 0. The zero-order valence-electron chi connectivity index (χ0n) is 14.2. The number of fused-ring (bicyclic) bond motifs is 1. The average Bonchev–Trinajstić information content (AvgIpc) is 3.19. The molecule has 1 amide bonds. The Labute approximate surface area is 150 Å². The summed E-state index contributed by atoms with van der Waals surface area (Å²) in [6, 6.07) is 12.4. The van der Waals surface area contributed by atoms with Crippen molar-refractivity contribution in [3.8, 4) is 6.01 Å². The maximum Gasteiger partial charge on any atom is 0.317 e. The third-order valence-electron chi connectivity index (χ3n) is 4.30. The van der Waals surface area contributed by atoms with Gasteiger partial charge in [-0.1, -0.05) is 18.2 Å². The van der Waals surface area contributed by atoms with Crippen molar-refractivity contribution in [3.05, 3.63) is 52.7 Å². The van der Waals surface area contributed by atoms with Gasteiger partial charge in [-0.25, -0.2) is 9.97 Å². The summed E-state index contributed by atoms with van der Waals surface area (Å²) < 4.78 is 7.04. The van der Waals surface area contributed by atoms with Gasteiger partial charge in [-0.3, -0.25) is 4.79 Å². The van der Waals surface area contributed by atoms with Crippen LogP contribution in [-0.4, -0.2) is 40.0 Å². The first kappa shape index (κ1) is 16.0. The number of rotatable bonds is 3. The molecule has 5 nitrogen and oxygen atoms in total. The van der Waals surface area contributed by atoms with Crippen molar-refractivity contribution in [3.63, 3.8) is 0 Å². The zero-order chi connectivity index (χ0) is 17.4. The molecule has 1 unspecified atom stereocenters. The maximum atomic E-state index is 12.8. The summed E-state index contributed by atoms with van der Waals surface area (Å²) in [6.07, 6.45) is 0.743. The summed E-state index contributed by atoms with van der Waals surface area (Å²) >= 11 is 1.54. The van der Waals surface area contributed by atoms with E-state index in [1.54, 1.807) is 11.3 Å². The molecule has 3 aromatic rings. The molecule has 0 bridgehead atoms. The van der Waals surface area contributed by atoms with E-state index in [0.717, 1.165) is 32.8 Å². The minimum Gasteiger partial charge on any atom is -0.458 e. The maximum absolute atomic E-state index is 12.8. The standard InChI is InChI=1S/C19H19N3O2S/c1-12-9-13(2)21-19(20-12)24-15-7-8-22(11-15)18(23)17-10-14-5-3-4-6-16(14)25-17/h3-6,9-10,15H,7-8,11H2,1-2H3. The SMILES string of the molecule is Cc1cc(C)nc(OC2CCN(C(=O)c3cc4ccccc4s3)C2)n1. The van der Waals surface area contributed by atoms with E-state index >= 15 is 0 Å². The lowest BCUT2D eigenvalue weighted by molar-refractivity contribution is 0.0774. The van der Waals surface area contributed by atoms with Gasteiger partial charge in [-0.05, 0) is 37.4 Å². The molecule has 1 saturated heterocycles. The fourth-order valence-corrected chi connectivity index (χ4v) is 4.18. The first-order valence-electron chi connectivity index (χ1n) is 8.35. The Morgan fingerprint density at radius 1 is 1.20 bits per heavy atom. The van der Waals surface area contributed by atoms with Crippen LogP contribution < -0.4 is 4.74 Å². The van der Waals surface area contributed by atoms with E-state index in [4.69, 9.17) is 4.74 Å². The Morgan fingerprint density at radius 2 is 1.96 bits per heavy atom. The third-order valence-corrected chi connectivity index (χ3v) is 5.41. The summed E-state index contributed by atoms with van der Waals surface area (Å²) in [4.78, 5) is 24.1. The normalized spacial score (nSPS) is 17.2. The molecule has 0 radical (unpaired) electrons. The number of carbonyl (C=O) groups excluding carboxylic acids is 1. The number of carbonyl (C=O) groups is 1. The van der Waals surface area contributed by atoms with Crippen molar-refractivity contribution < 1.29 is 9.53 Å². The van der Waals surface area contributed by atoms with Gasteiger partial charge >= 0.3 is 6.01 Å². The molecule has 4 rings (SSSR count). The van der Waals surface area contributed by atoms with Crippen LogP contribution in [-0.2, 0) is 0 Å². The Kier molecular flexibility index (Phi) is 4.13. The second-order valence-corrected chi connectivity index (χ2v) is 7.45. The number of likely N-dealkylation sites (tertiary alicyclic amines) is 1. The topological polar surface area (TPSA) is 55.3 Å². The van der Waals surface area contributed by atoms with E-state index < -0.39 is 0 Å². The van der Waals surface area contributed by atoms with Crippen LogP contribution in [0.1, 0.15) is 27.5 Å². The van der Waals surface area contributed by atoms with Crippen molar-refractivity contribution in [1.29, 1.82) is 0 Å². The molecule has 128 valence electrons. The minimum atomic E-state index is -0.0560. The molecule has 1 aliphatic rings. The largest absolute Gasteiger partial charge is 0.458 e. The summed E-state index contributed by atoms with van der Waals surface area (Å²) in [7, 11) is 0. The highest BCUT2D eigenvalue weighted by atomic mass is 32.1. The molecule has 1 atom stereocenters. The van der Waals surface area contributed by atoms with Crippen LogP contribution in [0.2, 0.25) is 0 Å². The first-order valence-corrected chi connectivity index (χ1v) is 9.17. The first-order chi connectivity index (χ1) is 12.1. The van der Waals surface area contributed by atoms with Gasteiger partial charge in [0.2, 0.25) is 0 Å². The Hall–Kier alpha value is -2.47. The highest BCUT2D eigenvalue weighted by molar-refractivity contribution is 7.20. The highest BCUT2D eigenvalue weighted by Gasteiger charge is 2.29. The lowest BCUT2D eigenvalue weighted by Crippen LogP contribution is -2.30. The van der Waals surface area contributed by atoms with E-state index in [1.807, 2.05) is 55.1 Å². The number of amides is 1. The number of ether oxygens (including phenoxy) is 1. The van der Waals surface area contributed by atoms with Gasteiger partial charge in [0.15, 0.2) is 0 Å². The smallest absolute Gasteiger partial charge is 0.317 e. The van der Waals surface area contributed by atoms with Crippen molar-refractivity contribution >= 4 is 27.3 Å². The molecule has 1 fully saturated rings. The summed E-state index contributed by atoms with van der Waals surface area (Å²) in [6.45, 7) is 5.12. The van der Waals surface area contributed by atoms with Crippen LogP contribution in [0.4, 0.5) is 0 Å². The van der Waals surface area contributed by atoms with Crippen molar-refractivity contribution in [2.45, 2.75) is 26.4 Å². The lowest BCUT2D eigenvalue weighted by atomic mass is 10.2. The molecule has 3 heterocycles. The van der Waals surface area contributed by atoms with Crippen LogP contribution in [0.25, 0.3) is 10.1 Å². The van der Waals surface area contributed by atoms with Crippen molar-refractivity contribution in [2.24, 2.45) is 0 Å². The molecule has 0 aliphatic carbocycles. The van der Waals surface area contributed by atoms with E-state index in [0.29, 0.717) is 19.1 Å². The van der Waals surface area contributed by atoms with E-state index in [2.05, 4.69) is 9.97 Å². The Bertz CT molecular complexity index is 884. The number of benzene rings is 1. The van der Waals surface area contributed by atoms with E-state index in [-0.39, 0.29) is 12.0 Å². The highest BCUT2D eigenvalue weighted by Crippen LogP contribution is 2.27. The molecule has 2 aromatic heterocycles. The monoisotopic (exact) mass is 353 g/mol. The Morgan fingerprint density at radius 3 is 2.72 bits per heavy atom. The Balaban J connectivity index is 1.45. The number of aryl methyl sites for hydroxylation is 2. The minimum absolute atomic E-state index is 0.0560.